The Labute approximate surface area is 83.1 Å². The third-order valence-electron chi connectivity index (χ3n) is 2.19. The van der Waals surface area contributed by atoms with Crippen LogP contribution in [-0.2, 0) is 11.8 Å². The zero-order valence-corrected chi connectivity index (χ0v) is 8.65. The molecule has 1 rings (SSSR count). The Bertz CT molecular complexity index is 330. The number of esters is 1. The van der Waals surface area contributed by atoms with Crippen LogP contribution in [0.5, 0.6) is 0 Å². The minimum Gasteiger partial charge on any atom is -0.464 e. The molecule has 14 heavy (non-hydrogen) atoms. The summed E-state index contributed by atoms with van der Waals surface area (Å²) in [5, 5.41) is 9.56. The van der Waals surface area contributed by atoms with Crippen LogP contribution in [0.15, 0.2) is 12.3 Å². The molecular formula is C10H15NO3. The summed E-state index contributed by atoms with van der Waals surface area (Å²) in [5.41, 5.74) is 1.20. The molecule has 0 spiro atoms. The van der Waals surface area contributed by atoms with Gasteiger partial charge in [0.05, 0.1) is 13.2 Å². The average molecular weight is 197 g/mol. The first-order chi connectivity index (χ1) is 6.60. The summed E-state index contributed by atoms with van der Waals surface area (Å²) in [6.07, 6.45) is 1.85. The third-order valence-corrected chi connectivity index (χ3v) is 2.19. The zero-order valence-electron chi connectivity index (χ0n) is 8.65. The number of methoxy groups -OCH3 is 1. The van der Waals surface area contributed by atoms with Crippen molar-refractivity contribution < 1.29 is 14.6 Å². The molecule has 1 heterocycles. The van der Waals surface area contributed by atoms with Gasteiger partial charge in [0.1, 0.15) is 5.69 Å². The van der Waals surface area contributed by atoms with Gasteiger partial charge in [-0.2, -0.15) is 0 Å². The first-order valence-corrected chi connectivity index (χ1v) is 4.52. The van der Waals surface area contributed by atoms with Crippen LogP contribution in [0.4, 0.5) is 0 Å². The van der Waals surface area contributed by atoms with Gasteiger partial charge in [-0.1, -0.05) is 6.92 Å². The van der Waals surface area contributed by atoms with E-state index in [9.17, 15) is 9.90 Å². The molecule has 1 aromatic heterocycles. The predicted octanol–water partition coefficient (Wildman–Crippen LogP) is 1.26. The van der Waals surface area contributed by atoms with Crippen LogP contribution >= 0.6 is 0 Å². The van der Waals surface area contributed by atoms with E-state index in [1.165, 1.54) is 7.11 Å². The largest absolute Gasteiger partial charge is 0.464 e. The second-order valence-corrected chi connectivity index (χ2v) is 3.19. The number of hydrogen-bond donors (Lipinski definition) is 1. The molecule has 0 fully saturated rings. The first kappa shape index (κ1) is 10.8. The fraction of sp³-hybridized carbons (Fsp3) is 0.500. The molecule has 0 saturated heterocycles. The van der Waals surface area contributed by atoms with Crippen molar-refractivity contribution in [3.63, 3.8) is 0 Å². The smallest absolute Gasteiger partial charge is 0.354 e. The van der Waals surface area contributed by atoms with Gasteiger partial charge in [-0.05, 0) is 18.1 Å². The lowest BCUT2D eigenvalue weighted by Gasteiger charge is -2.02. The Hall–Kier alpha value is -1.29. The maximum Gasteiger partial charge on any atom is 0.354 e. The van der Waals surface area contributed by atoms with Gasteiger partial charge in [0, 0.05) is 13.2 Å². The number of carbonyl (C=O) groups is 1. The summed E-state index contributed by atoms with van der Waals surface area (Å²) < 4.78 is 6.26. The van der Waals surface area contributed by atoms with Crippen molar-refractivity contribution in [1.82, 2.24) is 4.57 Å². The van der Waals surface area contributed by atoms with E-state index < -0.39 is 6.10 Å². The van der Waals surface area contributed by atoms with Crippen LogP contribution in [0.3, 0.4) is 0 Å². The van der Waals surface area contributed by atoms with E-state index in [2.05, 4.69) is 4.74 Å². The lowest BCUT2D eigenvalue weighted by Crippen LogP contribution is -2.06. The van der Waals surface area contributed by atoms with Gasteiger partial charge in [0.15, 0.2) is 0 Å². The number of carbonyl (C=O) groups excluding carboxylic acids is 1. The molecule has 4 heteroatoms. The Morgan fingerprint density at radius 1 is 1.71 bits per heavy atom. The van der Waals surface area contributed by atoms with Crippen molar-refractivity contribution in [3.8, 4) is 0 Å². The minimum atomic E-state index is -0.514. The van der Waals surface area contributed by atoms with Crippen LogP contribution < -0.4 is 0 Å². The van der Waals surface area contributed by atoms with Crippen LogP contribution in [-0.4, -0.2) is 22.8 Å². The van der Waals surface area contributed by atoms with Crippen LogP contribution in [0.25, 0.3) is 0 Å². The SMILES string of the molecule is CC[C@H](O)c1cc(C(=O)OC)n(C)c1. The lowest BCUT2D eigenvalue weighted by molar-refractivity contribution is 0.0590. The molecule has 1 atom stereocenters. The lowest BCUT2D eigenvalue weighted by atomic mass is 10.1. The van der Waals surface area contributed by atoms with E-state index >= 15 is 0 Å². The van der Waals surface area contributed by atoms with Crippen molar-refractivity contribution in [2.24, 2.45) is 7.05 Å². The fourth-order valence-electron chi connectivity index (χ4n) is 1.32. The van der Waals surface area contributed by atoms with E-state index in [0.717, 1.165) is 5.56 Å². The molecule has 0 aromatic carbocycles. The second-order valence-electron chi connectivity index (χ2n) is 3.19. The first-order valence-electron chi connectivity index (χ1n) is 4.52. The number of nitrogens with zero attached hydrogens (tertiary/aromatic N) is 1. The number of ether oxygens (including phenoxy) is 1. The molecule has 1 N–H and O–H groups in total. The van der Waals surface area contributed by atoms with Gasteiger partial charge in [-0.3, -0.25) is 0 Å². The van der Waals surface area contributed by atoms with Gasteiger partial charge in [0.2, 0.25) is 0 Å². The molecule has 0 unspecified atom stereocenters. The molecule has 0 radical (unpaired) electrons. The molecule has 0 saturated carbocycles. The van der Waals surface area contributed by atoms with Crippen LogP contribution in [0, 0.1) is 0 Å². The highest BCUT2D eigenvalue weighted by atomic mass is 16.5. The molecule has 4 nitrogen and oxygen atoms in total. The molecule has 78 valence electrons. The summed E-state index contributed by atoms with van der Waals surface area (Å²) in [4.78, 5) is 11.2. The maximum atomic E-state index is 11.2. The quantitative estimate of drug-likeness (QED) is 0.742. The number of aryl methyl sites for hydroxylation is 1. The summed E-state index contributed by atoms with van der Waals surface area (Å²) in [6.45, 7) is 1.88. The molecule has 0 bridgehead atoms. The molecule has 0 aliphatic heterocycles. The Morgan fingerprint density at radius 3 is 2.86 bits per heavy atom. The number of aliphatic hydroxyl groups excluding tert-OH is 1. The third kappa shape index (κ3) is 1.96. The highest BCUT2D eigenvalue weighted by Gasteiger charge is 2.15. The van der Waals surface area contributed by atoms with Crippen molar-refractivity contribution in [3.05, 3.63) is 23.5 Å². The molecule has 0 aliphatic carbocycles. The molecule has 1 aromatic rings. The number of hydrogen-bond acceptors (Lipinski definition) is 3. The van der Waals surface area contributed by atoms with E-state index in [-0.39, 0.29) is 5.97 Å². The molecular weight excluding hydrogens is 182 g/mol. The zero-order chi connectivity index (χ0) is 10.7. The second kappa shape index (κ2) is 4.28. The Kier molecular flexibility index (Phi) is 3.30. The van der Waals surface area contributed by atoms with E-state index in [1.54, 1.807) is 23.9 Å². The van der Waals surface area contributed by atoms with E-state index in [1.807, 2.05) is 6.92 Å². The topological polar surface area (TPSA) is 51.5 Å². The van der Waals surface area contributed by atoms with Crippen molar-refractivity contribution in [1.29, 1.82) is 0 Å². The minimum absolute atomic E-state index is 0.387. The van der Waals surface area contributed by atoms with Crippen LogP contribution in [0.1, 0.15) is 35.5 Å². The molecule has 0 aliphatic rings. The van der Waals surface area contributed by atoms with Gasteiger partial charge < -0.3 is 14.4 Å². The fourth-order valence-corrected chi connectivity index (χ4v) is 1.32. The van der Waals surface area contributed by atoms with Gasteiger partial charge in [-0.15, -0.1) is 0 Å². The Balaban J connectivity index is 2.98. The summed E-state index contributed by atoms with van der Waals surface area (Å²) >= 11 is 0. The number of aromatic nitrogens is 1. The van der Waals surface area contributed by atoms with Gasteiger partial charge >= 0.3 is 5.97 Å². The molecule has 0 amide bonds. The van der Waals surface area contributed by atoms with Crippen molar-refractivity contribution >= 4 is 5.97 Å². The Morgan fingerprint density at radius 2 is 2.36 bits per heavy atom. The number of rotatable bonds is 3. The van der Waals surface area contributed by atoms with Crippen LogP contribution in [0.2, 0.25) is 0 Å². The standard InChI is InChI=1S/C10H15NO3/c1-4-9(12)7-5-8(10(13)14-3)11(2)6-7/h5-6,9,12H,4H2,1-3H3/t9-/m0/s1. The van der Waals surface area contributed by atoms with E-state index in [0.29, 0.717) is 12.1 Å². The maximum absolute atomic E-state index is 11.2. The van der Waals surface area contributed by atoms with Gasteiger partial charge in [-0.25, -0.2) is 4.79 Å². The summed E-state index contributed by atoms with van der Waals surface area (Å²) in [6, 6.07) is 1.65. The van der Waals surface area contributed by atoms with Crippen molar-refractivity contribution in [2.75, 3.05) is 7.11 Å². The number of aliphatic hydroxyl groups is 1. The monoisotopic (exact) mass is 197 g/mol. The normalized spacial score (nSPS) is 12.6. The van der Waals surface area contributed by atoms with E-state index in [4.69, 9.17) is 0 Å². The van der Waals surface area contributed by atoms with Crippen molar-refractivity contribution in [2.45, 2.75) is 19.4 Å². The summed E-state index contributed by atoms with van der Waals surface area (Å²) in [7, 11) is 3.09. The average Bonchev–Trinajstić information content (AvgIpc) is 2.58. The summed E-state index contributed by atoms with van der Waals surface area (Å²) in [5.74, 6) is -0.387. The highest BCUT2D eigenvalue weighted by Crippen LogP contribution is 2.18. The van der Waals surface area contributed by atoms with Gasteiger partial charge in [0.25, 0.3) is 0 Å². The predicted molar refractivity (Wildman–Crippen MR) is 52.0 cm³/mol. The highest BCUT2D eigenvalue weighted by molar-refractivity contribution is 5.87.